The zero-order chi connectivity index (χ0) is 14.5. The van der Waals surface area contributed by atoms with Gasteiger partial charge in [-0.15, -0.1) is 0 Å². The lowest BCUT2D eigenvalue weighted by Crippen LogP contribution is -2.25. The van der Waals surface area contributed by atoms with E-state index >= 15 is 0 Å². The number of ether oxygens (including phenoxy) is 1. The Bertz CT molecular complexity index is 488. The van der Waals surface area contributed by atoms with Gasteiger partial charge in [-0.1, -0.05) is 32.1 Å². The molecule has 0 bridgehead atoms. The third-order valence-electron chi connectivity index (χ3n) is 3.52. The highest BCUT2D eigenvalue weighted by Gasteiger charge is 2.21. The Morgan fingerprint density at radius 2 is 2.00 bits per heavy atom. The molecular weight excluding hydrogens is 250 g/mol. The van der Waals surface area contributed by atoms with Gasteiger partial charge in [0, 0.05) is 31.0 Å². The minimum Gasteiger partial charge on any atom is -0.497 e. The summed E-state index contributed by atoms with van der Waals surface area (Å²) >= 11 is 0. The molecule has 1 N–H and O–H groups in total. The summed E-state index contributed by atoms with van der Waals surface area (Å²) in [6, 6.07) is 7.98. The van der Waals surface area contributed by atoms with Gasteiger partial charge in [-0.25, -0.2) is 0 Å². The fraction of sp³-hybridized carbons (Fsp3) is 0.471. The van der Waals surface area contributed by atoms with Crippen LogP contribution in [0.3, 0.4) is 0 Å². The molecule has 1 aliphatic rings. The summed E-state index contributed by atoms with van der Waals surface area (Å²) < 4.78 is 5.17. The molecule has 1 aliphatic carbocycles. The van der Waals surface area contributed by atoms with Gasteiger partial charge >= 0.3 is 0 Å². The zero-order valence-electron chi connectivity index (χ0n) is 12.5. The van der Waals surface area contributed by atoms with Crippen molar-refractivity contribution in [1.29, 1.82) is 0 Å². The Morgan fingerprint density at radius 3 is 2.60 bits per heavy atom. The van der Waals surface area contributed by atoms with E-state index < -0.39 is 0 Å². The molecule has 0 radical (unpaired) electrons. The predicted octanol–water partition coefficient (Wildman–Crippen LogP) is 3.27. The van der Waals surface area contributed by atoms with Crippen LogP contribution in [-0.4, -0.2) is 19.4 Å². The molecule has 1 aromatic carbocycles. The fourth-order valence-corrected chi connectivity index (χ4v) is 2.41. The quantitative estimate of drug-likeness (QED) is 0.894. The first-order chi connectivity index (χ1) is 9.58. The number of hydrogen-bond acceptors (Lipinski definition) is 3. The van der Waals surface area contributed by atoms with Crippen molar-refractivity contribution >= 4 is 5.78 Å². The first-order valence-corrected chi connectivity index (χ1v) is 7.18. The van der Waals surface area contributed by atoms with Gasteiger partial charge in [0.05, 0.1) is 7.11 Å². The zero-order valence-corrected chi connectivity index (χ0v) is 12.5. The molecule has 20 heavy (non-hydrogen) atoms. The van der Waals surface area contributed by atoms with Crippen molar-refractivity contribution < 1.29 is 9.53 Å². The van der Waals surface area contributed by atoms with Crippen LogP contribution in [0.4, 0.5) is 0 Å². The third kappa shape index (κ3) is 3.86. The topological polar surface area (TPSA) is 38.3 Å². The van der Waals surface area contributed by atoms with Gasteiger partial charge < -0.3 is 10.1 Å². The van der Waals surface area contributed by atoms with Crippen molar-refractivity contribution in [3.63, 3.8) is 0 Å². The first-order valence-electron chi connectivity index (χ1n) is 7.18. The lowest BCUT2D eigenvalue weighted by Gasteiger charge is -2.22. The van der Waals surface area contributed by atoms with E-state index in [9.17, 15) is 4.79 Å². The van der Waals surface area contributed by atoms with Crippen molar-refractivity contribution in [2.75, 3.05) is 13.7 Å². The van der Waals surface area contributed by atoms with Gasteiger partial charge in [-0.05, 0) is 23.6 Å². The summed E-state index contributed by atoms with van der Waals surface area (Å²) in [5.41, 5.74) is 2.23. The number of benzene rings is 1. The van der Waals surface area contributed by atoms with E-state index in [1.807, 2.05) is 24.3 Å². The summed E-state index contributed by atoms with van der Waals surface area (Å²) in [4.78, 5) is 11.9. The highest BCUT2D eigenvalue weighted by atomic mass is 16.5. The molecule has 1 atom stereocenters. The van der Waals surface area contributed by atoms with Gasteiger partial charge in [-0.2, -0.15) is 0 Å². The maximum atomic E-state index is 11.9. The van der Waals surface area contributed by atoms with Crippen molar-refractivity contribution in [2.45, 2.75) is 32.6 Å². The Labute approximate surface area is 121 Å². The largest absolute Gasteiger partial charge is 0.497 e. The number of methoxy groups -OCH3 is 1. The molecule has 0 fully saturated rings. The lowest BCUT2D eigenvalue weighted by atomic mass is 9.87. The minimum absolute atomic E-state index is 0.178. The Hall–Kier alpha value is -1.77. The van der Waals surface area contributed by atoms with Gasteiger partial charge in [0.15, 0.2) is 0 Å². The second kappa shape index (κ2) is 6.60. The van der Waals surface area contributed by atoms with E-state index in [0.29, 0.717) is 24.5 Å². The molecule has 0 aliphatic heterocycles. The lowest BCUT2D eigenvalue weighted by molar-refractivity contribution is -0.119. The van der Waals surface area contributed by atoms with E-state index in [0.717, 1.165) is 18.0 Å². The molecule has 108 valence electrons. The van der Waals surface area contributed by atoms with Crippen LogP contribution in [0.1, 0.15) is 38.2 Å². The monoisotopic (exact) mass is 273 g/mol. The maximum absolute atomic E-state index is 11.9. The van der Waals surface area contributed by atoms with Gasteiger partial charge in [-0.3, -0.25) is 4.79 Å². The number of rotatable bonds is 5. The highest BCUT2D eigenvalue weighted by Crippen LogP contribution is 2.29. The molecule has 0 saturated heterocycles. The van der Waals surface area contributed by atoms with Crippen LogP contribution in [0.15, 0.2) is 36.0 Å². The molecule has 3 heteroatoms. The maximum Gasteiger partial charge on any atom is 0.139 e. The van der Waals surface area contributed by atoms with Crippen LogP contribution >= 0.6 is 0 Å². The van der Waals surface area contributed by atoms with Crippen molar-refractivity contribution in [3.05, 3.63) is 41.6 Å². The van der Waals surface area contributed by atoms with Gasteiger partial charge in [0.25, 0.3) is 0 Å². The van der Waals surface area contributed by atoms with E-state index in [4.69, 9.17) is 4.74 Å². The molecule has 0 heterocycles. The molecule has 1 aromatic rings. The molecule has 0 amide bonds. The van der Waals surface area contributed by atoms with Crippen molar-refractivity contribution in [3.8, 4) is 5.75 Å². The Morgan fingerprint density at radius 1 is 1.30 bits per heavy atom. The van der Waals surface area contributed by atoms with Gasteiger partial charge in [0.1, 0.15) is 11.5 Å². The number of carbonyl (C=O) groups excluding carboxylic acids is 1. The predicted molar refractivity (Wildman–Crippen MR) is 80.9 cm³/mol. The second-order valence-corrected chi connectivity index (χ2v) is 5.77. The number of hydrogen-bond donors (Lipinski definition) is 1. The molecule has 0 saturated carbocycles. The highest BCUT2D eigenvalue weighted by molar-refractivity contribution is 5.83. The summed E-state index contributed by atoms with van der Waals surface area (Å²) in [5.74, 6) is 1.90. The summed E-state index contributed by atoms with van der Waals surface area (Å²) in [5, 5.41) is 3.39. The number of ketones is 1. The molecular formula is C17H23NO2. The van der Waals surface area contributed by atoms with Crippen LogP contribution in [0.25, 0.3) is 0 Å². The molecule has 3 nitrogen and oxygen atoms in total. The van der Waals surface area contributed by atoms with Crippen molar-refractivity contribution in [1.82, 2.24) is 5.32 Å². The number of carbonyl (C=O) groups is 1. The standard InChI is InChI=1S/C17H23NO2/c1-12(2)11-18-15-8-14(9-16(19)10-15)13-4-6-17(20-3)7-5-13/h4-8,12,14,18H,9-11H2,1-3H3. The second-order valence-electron chi connectivity index (χ2n) is 5.77. The van der Waals surface area contributed by atoms with Crippen LogP contribution in [0.5, 0.6) is 5.75 Å². The van der Waals surface area contributed by atoms with E-state index in [1.165, 1.54) is 5.56 Å². The van der Waals surface area contributed by atoms with Crippen molar-refractivity contribution in [2.24, 2.45) is 5.92 Å². The molecule has 0 spiro atoms. The van der Waals surface area contributed by atoms with Gasteiger partial charge in [0.2, 0.25) is 0 Å². The fourth-order valence-electron chi connectivity index (χ4n) is 2.41. The number of allylic oxidation sites excluding steroid dienone is 2. The number of Topliss-reactive ketones (excluding diaryl/α,β-unsaturated/α-hetero) is 1. The summed E-state index contributed by atoms with van der Waals surface area (Å²) in [7, 11) is 1.66. The normalized spacial score (nSPS) is 18.9. The van der Waals surface area contributed by atoms with Crippen LogP contribution in [-0.2, 0) is 4.79 Å². The number of nitrogens with one attached hydrogen (secondary N) is 1. The van der Waals surface area contributed by atoms with E-state index in [1.54, 1.807) is 7.11 Å². The first kappa shape index (κ1) is 14.6. The SMILES string of the molecule is COc1ccc(C2C=C(NCC(C)C)CC(=O)C2)cc1. The Kier molecular flexibility index (Phi) is 4.83. The molecule has 1 unspecified atom stereocenters. The molecule has 0 aromatic heterocycles. The van der Waals surface area contributed by atoms with Crippen LogP contribution in [0, 0.1) is 5.92 Å². The smallest absolute Gasteiger partial charge is 0.139 e. The Balaban J connectivity index is 2.12. The molecule has 2 rings (SSSR count). The van der Waals surface area contributed by atoms with E-state index in [-0.39, 0.29) is 5.92 Å². The average molecular weight is 273 g/mol. The third-order valence-corrected chi connectivity index (χ3v) is 3.52. The summed E-state index contributed by atoms with van der Waals surface area (Å²) in [6.07, 6.45) is 3.34. The van der Waals surface area contributed by atoms with Crippen LogP contribution < -0.4 is 10.1 Å². The average Bonchev–Trinajstić information content (AvgIpc) is 2.44. The van der Waals surface area contributed by atoms with Crippen LogP contribution in [0.2, 0.25) is 0 Å². The minimum atomic E-state index is 0.178. The summed E-state index contributed by atoms with van der Waals surface area (Å²) in [6.45, 7) is 5.24. The van der Waals surface area contributed by atoms with E-state index in [2.05, 4.69) is 25.2 Å².